The number of amides is 1. The predicted octanol–water partition coefficient (Wildman–Crippen LogP) is 3.26. The number of methoxy groups -OCH3 is 2. The van der Waals surface area contributed by atoms with Crippen LogP contribution in [0.15, 0.2) is 42.9 Å². The highest BCUT2D eigenvalue weighted by Crippen LogP contribution is 2.36. The van der Waals surface area contributed by atoms with Gasteiger partial charge in [-0.1, -0.05) is 11.6 Å². The molecule has 0 aliphatic heterocycles. The fourth-order valence-corrected chi connectivity index (χ4v) is 2.44. The third kappa shape index (κ3) is 2.93. The third-order valence-corrected chi connectivity index (χ3v) is 3.67. The lowest BCUT2D eigenvalue weighted by atomic mass is 10.2. The summed E-state index contributed by atoms with van der Waals surface area (Å²) in [6, 6.07) is 6.69. The number of hydrogen-bond donors (Lipinski definition) is 1. The molecule has 0 unspecified atom stereocenters. The van der Waals surface area contributed by atoms with Crippen molar-refractivity contribution in [2.24, 2.45) is 0 Å². The molecule has 1 N–H and O–H groups in total. The fourth-order valence-electron chi connectivity index (χ4n) is 2.21. The topological polar surface area (TPSA) is 64.9 Å². The lowest BCUT2D eigenvalue weighted by molar-refractivity contribution is 0.102. The molecule has 3 aromatic rings. The van der Waals surface area contributed by atoms with Gasteiger partial charge < -0.3 is 19.2 Å². The van der Waals surface area contributed by atoms with Crippen LogP contribution in [0.4, 0.5) is 5.69 Å². The zero-order valence-electron chi connectivity index (χ0n) is 12.5. The number of carbonyl (C=O) groups excluding carboxylic acids is 1. The molecular formula is C16H14ClN3O3. The maximum Gasteiger partial charge on any atom is 0.257 e. The summed E-state index contributed by atoms with van der Waals surface area (Å²) in [7, 11) is 3.01. The van der Waals surface area contributed by atoms with Crippen molar-refractivity contribution in [2.75, 3.05) is 19.5 Å². The van der Waals surface area contributed by atoms with Gasteiger partial charge >= 0.3 is 0 Å². The number of anilines is 1. The Balaban J connectivity index is 1.92. The molecular weight excluding hydrogens is 318 g/mol. The number of nitrogens with zero attached hydrogens (tertiary/aromatic N) is 2. The van der Waals surface area contributed by atoms with Crippen molar-refractivity contribution in [1.82, 2.24) is 9.38 Å². The van der Waals surface area contributed by atoms with Gasteiger partial charge in [0.05, 0.1) is 30.5 Å². The summed E-state index contributed by atoms with van der Waals surface area (Å²) in [4.78, 5) is 16.6. The SMILES string of the molecule is COc1cc(NC(=O)c2ccc3nccn3c2)c(OC)cc1Cl. The largest absolute Gasteiger partial charge is 0.495 e. The van der Waals surface area contributed by atoms with E-state index < -0.39 is 0 Å². The van der Waals surface area contributed by atoms with Crippen LogP contribution in [0.2, 0.25) is 5.02 Å². The Morgan fingerprint density at radius 1 is 1.22 bits per heavy atom. The third-order valence-electron chi connectivity index (χ3n) is 3.37. The molecule has 0 radical (unpaired) electrons. The van der Waals surface area contributed by atoms with Crippen molar-refractivity contribution in [3.8, 4) is 11.5 Å². The molecule has 0 saturated carbocycles. The molecule has 0 bridgehead atoms. The van der Waals surface area contributed by atoms with Crippen LogP contribution in [0.5, 0.6) is 11.5 Å². The van der Waals surface area contributed by atoms with Crippen LogP contribution in [0.3, 0.4) is 0 Å². The lowest BCUT2D eigenvalue weighted by Crippen LogP contribution is -2.13. The molecule has 0 spiro atoms. The molecule has 23 heavy (non-hydrogen) atoms. The number of benzene rings is 1. The van der Waals surface area contributed by atoms with Crippen LogP contribution < -0.4 is 14.8 Å². The smallest absolute Gasteiger partial charge is 0.257 e. The molecule has 0 aliphatic carbocycles. The van der Waals surface area contributed by atoms with E-state index in [1.165, 1.54) is 14.2 Å². The summed E-state index contributed by atoms with van der Waals surface area (Å²) in [5.41, 5.74) is 1.74. The van der Waals surface area contributed by atoms with E-state index in [1.807, 2.05) is 0 Å². The van der Waals surface area contributed by atoms with Gasteiger partial charge in [0.1, 0.15) is 17.1 Å². The summed E-state index contributed by atoms with van der Waals surface area (Å²) in [6.07, 6.45) is 5.15. The van der Waals surface area contributed by atoms with Crippen molar-refractivity contribution in [1.29, 1.82) is 0 Å². The van der Waals surface area contributed by atoms with Gasteiger partial charge in [0.25, 0.3) is 5.91 Å². The monoisotopic (exact) mass is 331 g/mol. The van der Waals surface area contributed by atoms with Crippen LogP contribution in [-0.4, -0.2) is 29.5 Å². The second kappa shape index (κ2) is 6.18. The number of hydrogen-bond acceptors (Lipinski definition) is 4. The quantitative estimate of drug-likeness (QED) is 0.797. The minimum absolute atomic E-state index is 0.275. The maximum absolute atomic E-state index is 12.5. The predicted molar refractivity (Wildman–Crippen MR) is 87.7 cm³/mol. The molecule has 0 atom stereocenters. The molecule has 1 aromatic carbocycles. The van der Waals surface area contributed by atoms with Crippen molar-refractivity contribution in [3.63, 3.8) is 0 Å². The van der Waals surface area contributed by atoms with Crippen LogP contribution in [0, 0.1) is 0 Å². The molecule has 7 heteroatoms. The van der Waals surface area contributed by atoms with Gasteiger partial charge in [-0.25, -0.2) is 4.98 Å². The molecule has 0 saturated heterocycles. The van der Waals surface area contributed by atoms with Crippen LogP contribution in [-0.2, 0) is 0 Å². The Kier molecular flexibility index (Phi) is 4.08. The second-order valence-electron chi connectivity index (χ2n) is 4.75. The van der Waals surface area contributed by atoms with E-state index in [2.05, 4.69) is 10.3 Å². The normalized spacial score (nSPS) is 10.6. The maximum atomic E-state index is 12.5. The van der Waals surface area contributed by atoms with Gasteiger partial charge in [-0.05, 0) is 12.1 Å². The van der Waals surface area contributed by atoms with Crippen LogP contribution in [0.25, 0.3) is 5.65 Å². The zero-order valence-corrected chi connectivity index (χ0v) is 13.3. The van der Waals surface area contributed by atoms with Crippen LogP contribution in [0.1, 0.15) is 10.4 Å². The number of ether oxygens (including phenoxy) is 2. The van der Waals surface area contributed by atoms with Gasteiger partial charge in [0.15, 0.2) is 0 Å². The molecule has 3 rings (SSSR count). The highest BCUT2D eigenvalue weighted by molar-refractivity contribution is 6.32. The minimum Gasteiger partial charge on any atom is -0.495 e. The van der Waals surface area contributed by atoms with Gasteiger partial charge in [0, 0.05) is 30.7 Å². The highest BCUT2D eigenvalue weighted by Gasteiger charge is 2.14. The summed E-state index contributed by atoms with van der Waals surface area (Å²) < 4.78 is 12.2. The van der Waals surface area contributed by atoms with Gasteiger partial charge in [-0.3, -0.25) is 4.79 Å². The molecule has 118 valence electrons. The lowest BCUT2D eigenvalue weighted by Gasteiger charge is -2.13. The van der Waals surface area contributed by atoms with E-state index >= 15 is 0 Å². The molecule has 6 nitrogen and oxygen atoms in total. The van der Waals surface area contributed by atoms with Gasteiger partial charge in [-0.2, -0.15) is 0 Å². The summed E-state index contributed by atoms with van der Waals surface area (Å²) >= 11 is 6.06. The number of imidazole rings is 1. The number of rotatable bonds is 4. The van der Waals surface area contributed by atoms with Crippen molar-refractivity contribution in [3.05, 3.63) is 53.4 Å². The average Bonchev–Trinajstić information content (AvgIpc) is 3.03. The Labute approximate surface area is 137 Å². The van der Waals surface area contributed by atoms with E-state index in [4.69, 9.17) is 21.1 Å². The number of fused-ring (bicyclic) bond motifs is 1. The summed E-state index contributed by atoms with van der Waals surface area (Å²) in [5.74, 6) is 0.629. The molecule has 2 heterocycles. The Hall–Kier alpha value is -2.73. The Bertz CT molecular complexity index is 876. The Morgan fingerprint density at radius 3 is 2.74 bits per heavy atom. The zero-order chi connectivity index (χ0) is 16.4. The summed E-state index contributed by atoms with van der Waals surface area (Å²) in [5, 5.41) is 3.21. The van der Waals surface area contributed by atoms with E-state index in [0.717, 1.165) is 5.65 Å². The number of carbonyl (C=O) groups is 1. The van der Waals surface area contributed by atoms with Crippen molar-refractivity contribution >= 4 is 28.8 Å². The molecule has 0 aliphatic rings. The van der Waals surface area contributed by atoms with Crippen molar-refractivity contribution < 1.29 is 14.3 Å². The minimum atomic E-state index is -0.275. The molecule has 1 amide bonds. The fraction of sp³-hybridized carbons (Fsp3) is 0.125. The summed E-state index contributed by atoms with van der Waals surface area (Å²) in [6.45, 7) is 0. The van der Waals surface area contributed by atoms with Gasteiger partial charge in [0.2, 0.25) is 0 Å². The number of aromatic nitrogens is 2. The van der Waals surface area contributed by atoms with Gasteiger partial charge in [-0.15, -0.1) is 0 Å². The van der Waals surface area contributed by atoms with E-state index in [-0.39, 0.29) is 5.91 Å². The van der Waals surface area contributed by atoms with Crippen molar-refractivity contribution in [2.45, 2.75) is 0 Å². The van der Waals surface area contributed by atoms with Crippen LogP contribution >= 0.6 is 11.6 Å². The first-order valence-corrected chi connectivity index (χ1v) is 7.16. The first-order chi connectivity index (χ1) is 11.1. The number of halogens is 1. The number of pyridine rings is 1. The first kappa shape index (κ1) is 15.2. The standard InChI is InChI=1S/C16H14ClN3O3/c1-22-13-8-12(14(23-2)7-11(13)17)19-16(21)10-3-4-15-18-5-6-20(15)9-10/h3-9H,1-2H3,(H,19,21). The average molecular weight is 332 g/mol. The first-order valence-electron chi connectivity index (χ1n) is 6.78. The highest BCUT2D eigenvalue weighted by atomic mass is 35.5. The van der Waals surface area contributed by atoms with E-state index in [0.29, 0.717) is 27.8 Å². The van der Waals surface area contributed by atoms with E-state index in [9.17, 15) is 4.79 Å². The molecule has 0 fully saturated rings. The molecule has 2 aromatic heterocycles. The number of nitrogens with one attached hydrogen (secondary N) is 1. The Morgan fingerprint density at radius 2 is 2.00 bits per heavy atom. The van der Waals surface area contributed by atoms with E-state index in [1.54, 1.807) is 47.3 Å². The second-order valence-corrected chi connectivity index (χ2v) is 5.16.